The van der Waals surface area contributed by atoms with E-state index in [0.717, 1.165) is 29.8 Å². The van der Waals surface area contributed by atoms with Crippen molar-refractivity contribution in [3.8, 4) is 17.2 Å². The first-order valence-electron chi connectivity index (χ1n) is 11.2. The second-order valence-corrected chi connectivity index (χ2v) is 9.54. The van der Waals surface area contributed by atoms with Gasteiger partial charge in [-0.15, -0.1) is 5.10 Å². The summed E-state index contributed by atoms with van der Waals surface area (Å²) >= 11 is 0. The third-order valence-corrected chi connectivity index (χ3v) is 7.70. The van der Waals surface area contributed by atoms with Gasteiger partial charge in [0.15, 0.2) is 0 Å². The molecule has 0 spiro atoms. The van der Waals surface area contributed by atoms with E-state index in [-0.39, 0.29) is 29.2 Å². The van der Waals surface area contributed by atoms with Gasteiger partial charge in [0, 0.05) is 18.0 Å². The smallest absolute Gasteiger partial charge is 0.250 e. The van der Waals surface area contributed by atoms with Crippen molar-refractivity contribution >= 4 is 0 Å². The number of aromatic nitrogens is 6. The molecule has 2 aliphatic rings. The highest BCUT2D eigenvalue weighted by molar-refractivity contribution is 5.64. The van der Waals surface area contributed by atoms with Crippen molar-refractivity contribution in [2.24, 2.45) is 5.41 Å². The fraction of sp³-hybridized carbons (Fsp3) is 0.320. The van der Waals surface area contributed by atoms with E-state index >= 15 is 0 Å². The van der Waals surface area contributed by atoms with E-state index in [0.29, 0.717) is 11.5 Å². The molecule has 3 aromatic heterocycles. The van der Waals surface area contributed by atoms with Gasteiger partial charge in [-0.1, -0.05) is 19.9 Å². The number of aliphatic hydroxyl groups excluding tert-OH is 1. The number of nitrogens with zero attached hydrogens (tertiary/aromatic N) is 6. The minimum Gasteiger partial charge on any atom is -0.392 e. The maximum Gasteiger partial charge on any atom is 0.250 e. The Morgan fingerprint density at radius 3 is 2.68 bits per heavy atom. The largest absolute Gasteiger partial charge is 0.392 e. The molecule has 0 radical (unpaired) electrons. The van der Waals surface area contributed by atoms with E-state index in [1.54, 1.807) is 24.7 Å². The van der Waals surface area contributed by atoms with Crippen LogP contribution in [-0.4, -0.2) is 35.1 Å². The lowest BCUT2D eigenvalue weighted by molar-refractivity contribution is 0.242. The second kappa shape index (κ2) is 7.20. The van der Waals surface area contributed by atoms with Crippen LogP contribution in [0.4, 0.5) is 8.78 Å². The van der Waals surface area contributed by atoms with E-state index in [1.165, 1.54) is 22.9 Å². The summed E-state index contributed by atoms with van der Waals surface area (Å²) in [5.41, 5.74) is 2.52. The summed E-state index contributed by atoms with van der Waals surface area (Å²) in [7, 11) is 0. The molecule has 0 aliphatic heterocycles. The zero-order valence-corrected chi connectivity index (χ0v) is 18.7. The van der Waals surface area contributed by atoms with E-state index in [1.807, 2.05) is 6.07 Å². The Balaban J connectivity index is 1.51. The molecular formula is C25H22F2N6O. The van der Waals surface area contributed by atoms with Crippen LogP contribution in [0.25, 0.3) is 17.2 Å². The van der Waals surface area contributed by atoms with Crippen molar-refractivity contribution < 1.29 is 13.9 Å². The number of halogens is 2. The Hall–Kier alpha value is -3.59. The van der Waals surface area contributed by atoms with Gasteiger partial charge in [-0.3, -0.25) is 0 Å². The molecule has 9 heteroatoms. The van der Waals surface area contributed by atoms with Gasteiger partial charge >= 0.3 is 0 Å². The predicted molar refractivity (Wildman–Crippen MR) is 119 cm³/mol. The maximum atomic E-state index is 14.5. The number of fused-ring (bicyclic) bond motifs is 5. The normalized spacial score (nSPS) is 22.2. The van der Waals surface area contributed by atoms with Gasteiger partial charge in [-0.25, -0.2) is 23.4 Å². The first-order chi connectivity index (χ1) is 16.4. The van der Waals surface area contributed by atoms with Crippen LogP contribution in [0, 0.1) is 17.0 Å². The van der Waals surface area contributed by atoms with Gasteiger partial charge in [-0.2, -0.15) is 10.2 Å². The summed E-state index contributed by atoms with van der Waals surface area (Å²) in [5, 5.41) is 22.5. The van der Waals surface area contributed by atoms with Gasteiger partial charge < -0.3 is 5.11 Å². The lowest BCUT2D eigenvalue weighted by Crippen LogP contribution is -2.38. The van der Waals surface area contributed by atoms with Gasteiger partial charge in [0.2, 0.25) is 0 Å². The van der Waals surface area contributed by atoms with Crippen LogP contribution >= 0.6 is 0 Å². The van der Waals surface area contributed by atoms with Gasteiger partial charge in [0.25, 0.3) is 5.95 Å². The molecule has 6 rings (SSSR count). The fourth-order valence-electron chi connectivity index (χ4n) is 6.00. The first kappa shape index (κ1) is 21.0. The van der Waals surface area contributed by atoms with E-state index in [2.05, 4.69) is 34.1 Å². The molecule has 7 nitrogen and oxygen atoms in total. The molecule has 0 amide bonds. The average Bonchev–Trinajstić information content (AvgIpc) is 3.47. The third-order valence-electron chi connectivity index (χ3n) is 7.70. The molecule has 2 aliphatic carbocycles. The SMILES string of the molecule is CC1(C)[C@H]2CC[C@@]1(c1ccnc(-n3cc(CO)cn3)n1)c1nnc(-c3c(F)cccc3F)cc12. The Bertz CT molecular complexity index is 1410. The highest BCUT2D eigenvalue weighted by Crippen LogP contribution is 2.69. The first-order valence-corrected chi connectivity index (χ1v) is 11.2. The number of rotatable bonds is 4. The van der Waals surface area contributed by atoms with Crippen LogP contribution in [0.2, 0.25) is 0 Å². The number of benzene rings is 1. The molecule has 0 saturated heterocycles. The van der Waals surface area contributed by atoms with Crippen molar-refractivity contribution in [3.63, 3.8) is 0 Å². The average molecular weight is 460 g/mol. The van der Waals surface area contributed by atoms with Crippen LogP contribution in [-0.2, 0) is 12.0 Å². The van der Waals surface area contributed by atoms with Crippen molar-refractivity contribution in [2.75, 3.05) is 0 Å². The molecule has 4 aromatic rings. The minimum atomic E-state index is -0.659. The van der Waals surface area contributed by atoms with Crippen LogP contribution < -0.4 is 0 Å². The summed E-state index contributed by atoms with van der Waals surface area (Å²) < 4.78 is 30.4. The minimum absolute atomic E-state index is 0.119. The van der Waals surface area contributed by atoms with Crippen LogP contribution in [0.15, 0.2) is 48.9 Å². The molecule has 1 N–H and O–H groups in total. The lowest BCUT2D eigenvalue weighted by Gasteiger charge is -2.37. The third kappa shape index (κ3) is 2.67. The molecule has 1 saturated carbocycles. The highest BCUT2D eigenvalue weighted by Gasteiger charge is 2.65. The molecule has 3 heterocycles. The summed E-state index contributed by atoms with van der Waals surface area (Å²) in [6.45, 7) is 4.26. The standard InChI is InChI=1S/C25H22F2N6O/c1-24(2)16-6-8-25(24,20-7-9-28-23(30-20)33-12-14(13-34)11-29-33)22-15(16)10-19(31-32-22)21-17(26)4-3-5-18(21)27/h3-5,7,9-12,16,34H,6,8,13H2,1-2H3/t16-,25+/m0/s1. The molecule has 2 bridgehead atoms. The monoisotopic (exact) mass is 460 g/mol. The Morgan fingerprint density at radius 1 is 1.15 bits per heavy atom. The van der Waals surface area contributed by atoms with Crippen LogP contribution in [0.3, 0.4) is 0 Å². The molecule has 1 fully saturated rings. The fourth-order valence-corrected chi connectivity index (χ4v) is 6.00. The zero-order valence-electron chi connectivity index (χ0n) is 18.7. The quantitative estimate of drug-likeness (QED) is 0.493. The summed E-state index contributed by atoms with van der Waals surface area (Å²) in [6, 6.07) is 7.48. The molecule has 1 aromatic carbocycles. The lowest BCUT2D eigenvalue weighted by atomic mass is 9.66. The number of aliphatic hydroxyl groups is 1. The van der Waals surface area contributed by atoms with E-state index in [4.69, 9.17) is 4.98 Å². The highest BCUT2D eigenvalue weighted by atomic mass is 19.1. The van der Waals surface area contributed by atoms with Crippen LogP contribution in [0.5, 0.6) is 0 Å². The predicted octanol–water partition coefficient (Wildman–Crippen LogP) is 4.09. The topological polar surface area (TPSA) is 89.6 Å². The summed E-state index contributed by atoms with van der Waals surface area (Å²) in [5.74, 6) is -0.769. The van der Waals surface area contributed by atoms with Crippen molar-refractivity contribution in [1.29, 1.82) is 0 Å². The van der Waals surface area contributed by atoms with E-state index in [9.17, 15) is 13.9 Å². The molecule has 34 heavy (non-hydrogen) atoms. The Labute approximate surface area is 194 Å². The molecule has 172 valence electrons. The van der Waals surface area contributed by atoms with Crippen molar-refractivity contribution in [3.05, 3.63) is 83.1 Å². The van der Waals surface area contributed by atoms with Crippen molar-refractivity contribution in [2.45, 2.75) is 44.6 Å². The van der Waals surface area contributed by atoms with Gasteiger partial charge in [-0.05, 0) is 54.0 Å². The number of hydrogen-bond acceptors (Lipinski definition) is 6. The molecule has 2 atom stereocenters. The summed E-state index contributed by atoms with van der Waals surface area (Å²) in [4.78, 5) is 9.24. The summed E-state index contributed by atoms with van der Waals surface area (Å²) in [6.07, 6.45) is 6.70. The van der Waals surface area contributed by atoms with Gasteiger partial charge in [0.1, 0.15) is 11.6 Å². The zero-order chi connectivity index (χ0) is 23.7. The van der Waals surface area contributed by atoms with Gasteiger partial charge in [0.05, 0.1) is 40.9 Å². The number of hydrogen-bond donors (Lipinski definition) is 1. The molecular weight excluding hydrogens is 438 g/mol. The van der Waals surface area contributed by atoms with Crippen LogP contribution in [0.1, 0.15) is 55.1 Å². The molecule has 0 unspecified atom stereocenters. The Morgan fingerprint density at radius 2 is 1.94 bits per heavy atom. The second-order valence-electron chi connectivity index (χ2n) is 9.54. The Kier molecular flexibility index (Phi) is 4.44. The maximum absolute atomic E-state index is 14.5. The van der Waals surface area contributed by atoms with E-state index < -0.39 is 17.0 Å². The van der Waals surface area contributed by atoms with Crippen molar-refractivity contribution in [1.82, 2.24) is 29.9 Å².